The molecule has 0 bridgehead atoms. The molecule has 6 rings (SSSR count). The summed E-state index contributed by atoms with van der Waals surface area (Å²) in [6.45, 7) is 38.3. The van der Waals surface area contributed by atoms with Gasteiger partial charge >= 0.3 is 98.7 Å². The summed E-state index contributed by atoms with van der Waals surface area (Å²) in [5, 5.41) is 53.2. The Bertz CT molecular complexity index is 3890. The van der Waals surface area contributed by atoms with Gasteiger partial charge in [0.2, 0.25) is 11.8 Å². The summed E-state index contributed by atoms with van der Waals surface area (Å²) in [5.41, 5.74) is 6.63. The third kappa shape index (κ3) is 54.0. The van der Waals surface area contributed by atoms with Crippen LogP contribution >= 0.6 is 166 Å². The van der Waals surface area contributed by atoms with Crippen molar-refractivity contribution in [2.75, 3.05) is 35.3 Å². The van der Waals surface area contributed by atoms with Crippen LogP contribution in [0.15, 0.2) is 44.9 Å². The molecule has 2 radical (unpaired) electrons. The van der Waals surface area contributed by atoms with Gasteiger partial charge in [-0.25, -0.2) is 58.3 Å². The van der Waals surface area contributed by atoms with E-state index in [1.807, 2.05) is 76.9 Å². The Labute approximate surface area is 851 Å². The molecule has 0 saturated carbocycles. The zero-order valence-electron chi connectivity index (χ0n) is 75.9. The van der Waals surface area contributed by atoms with E-state index in [1.54, 1.807) is 111 Å². The molecular formula is C81H140BI6N18O15S6-. The predicted octanol–water partition coefficient (Wildman–Crippen LogP) is 15.2. The molecule has 0 spiro atoms. The van der Waals surface area contributed by atoms with Gasteiger partial charge in [0.1, 0.15) is 37.4 Å². The van der Waals surface area contributed by atoms with Gasteiger partial charge in [-0.15, -0.1) is 92.0 Å². The number of esters is 1. The second kappa shape index (κ2) is 71.3. The Morgan fingerprint density at radius 3 is 0.913 bits per heavy atom. The van der Waals surface area contributed by atoms with Crippen LogP contribution in [-0.4, -0.2) is 219 Å². The molecule has 9 atom stereocenters. The number of aliphatic hydroxyl groups is 1. The number of carbonyl (C=O) groups excluding carboxylic acids is 9. The molecule has 6 heterocycles. The summed E-state index contributed by atoms with van der Waals surface area (Å²) in [6.07, 6.45) is 3.70. The average Bonchev–Trinajstić information content (AvgIpc) is 1.61. The number of carboxylic acid groups (broad SMARTS) is 1. The van der Waals surface area contributed by atoms with Crippen molar-refractivity contribution in [2.45, 2.75) is 297 Å². The first-order chi connectivity index (χ1) is 58.3. The van der Waals surface area contributed by atoms with E-state index in [4.69, 9.17) is 20.7 Å². The Morgan fingerprint density at radius 2 is 0.685 bits per heavy atom. The van der Waals surface area contributed by atoms with E-state index in [-0.39, 0.29) is 126 Å². The van der Waals surface area contributed by atoms with Crippen molar-refractivity contribution in [3.05, 3.63) is 97.5 Å². The number of halogens is 6. The number of carbonyl (C=O) groups is 10. The van der Waals surface area contributed by atoms with E-state index in [9.17, 15) is 53.1 Å². The minimum atomic E-state index is -1.11. The number of methoxy groups -OCH3 is 1. The van der Waals surface area contributed by atoms with Crippen molar-refractivity contribution in [3.8, 4) is 0 Å². The molecule has 726 valence electrons. The van der Waals surface area contributed by atoms with Crippen LogP contribution < -0.4 is 55.8 Å². The van der Waals surface area contributed by atoms with Gasteiger partial charge in [-0.1, -0.05) is 119 Å². The number of urea groups is 4. The van der Waals surface area contributed by atoms with Gasteiger partial charge in [0.05, 0.1) is 103 Å². The first kappa shape index (κ1) is 129. The Balaban J connectivity index is -0.000000521. The second-order valence-corrected chi connectivity index (χ2v) is 52.7. The van der Waals surface area contributed by atoms with Crippen LogP contribution in [-0.2, 0) is 72.8 Å². The van der Waals surface area contributed by atoms with Gasteiger partial charge in [-0.05, 0) is 79.4 Å². The number of amides is 12. The summed E-state index contributed by atoms with van der Waals surface area (Å²) in [5.74, 6) is -1.10. The van der Waals surface area contributed by atoms with Crippen molar-refractivity contribution in [3.63, 3.8) is 0 Å². The van der Waals surface area contributed by atoms with Crippen LogP contribution in [0.5, 0.6) is 0 Å². The monoisotopic (exact) mass is 2570 g/mol. The Hall–Kier alpha value is -4.32. The van der Waals surface area contributed by atoms with Gasteiger partial charge in [0.25, 0.3) is 0 Å². The fraction of sp³-hybridized carbons (Fsp3) is 0.654. The minimum absolute atomic E-state index is 0. The standard InChI is InChI=1S/C25H40N6O4S2.C24H38N6O5S2.C15H25N3O3S.C14H23N3O3S.3CH4.BH.I3.I2.HI/c1-15(2)21(30-24(33)31(7)11-19-13-36-23(29-19)16(3)4)22(32)27-17(5)8-9-18(6)28-25(34)35-12-20-10-26-14-37-20;1-14(2)22-28-18(12-36-22)10-30(6)23(33)29-20(17(5)31)21(32)26-15(3)7-8-16(4)27-24(34)35-11-19-9-25-13-37-19;1-9(2)12(14(19)21-6)17-15(20)18(5)7-11-8-22-13(16-11)10(3)4;1-8(2)11(13(18)19)16-14(20)17(5)6-10-7-21-12(15-10)9(3)4;;;;;1-3-2;1-2;/h10,13-18,21H,8-9,11-12H2,1-7H3,(H,27,32)(H,28,34)(H,30,33);9,12-17,20,31H,7-8,10-11H2,1-6H3,(H,26,32)(H,27,34)(H,29,33);8-10,12H,7H2,1-6H3,(H,17,20);7-9,11H,6H2,1-5H3,(H,16,20)(H,18,19);3*1H4;1H;;;1H/q;;;;;;;;-1;;/t17-,18-,21-;15-,16-,17?,20-;12-;11-;;;;;;;/m0000......./s1/i;;;;;;;1D;;;. The summed E-state index contributed by atoms with van der Waals surface area (Å²) in [6, 6.07) is -5.52. The number of aliphatic carboxylic acids is 1. The average molecular weight is 2570 g/mol. The largest absolute Gasteiger partial charge is 0.0379 e. The van der Waals surface area contributed by atoms with Gasteiger partial charge < -0.3 is 86.6 Å². The van der Waals surface area contributed by atoms with Gasteiger partial charge in [-0.3, -0.25) is 19.6 Å². The van der Waals surface area contributed by atoms with Gasteiger partial charge in [0.15, 0.2) is 0 Å². The van der Waals surface area contributed by atoms with Gasteiger partial charge in [-0.2, -0.15) is 0 Å². The number of hydrogen-bond donors (Lipinski definition) is 10. The van der Waals surface area contributed by atoms with E-state index in [0.29, 0.717) is 82.2 Å². The van der Waals surface area contributed by atoms with Crippen LogP contribution in [0.1, 0.15) is 256 Å². The quantitative estimate of drug-likeness (QED) is 0.00745. The molecule has 12 amide bonds. The minimum Gasteiger partial charge on any atom is -0.0379 e. The molecule has 6 aromatic heterocycles. The maximum Gasteiger partial charge on any atom is 0.0379 e. The molecule has 10 N–H and O–H groups in total. The number of thiazole rings is 6. The van der Waals surface area contributed by atoms with Gasteiger partial charge in [0, 0.05) is 156 Å². The fourth-order valence-corrected chi connectivity index (χ4v) is 14.6. The Kier molecular flexibility index (Phi) is 72.4. The molecule has 0 aliphatic heterocycles. The third-order valence-corrected chi connectivity index (χ3v) is 23.6. The normalized spacial score (nSPS) is 12.6. The van der Waals surface area contributed by atoms with Crippen molar-refractivity contribution in [2.24, 2.45) is 17.8 Å². The maximum absolute atomic E-state index is 13.0. The molecule has 0 fully saturated rings. The molecule has 0 aliphatic carbocycles. The van der Waals surface area contributed by atoms with Crippen molar-refractivity contribution < 1.29 is 85.6 Å². The van der Waals surface area contributed by atoms with Crippen molar-refractivity contribution in [1.29, 1.82) is 1.34 Å². The molecule has 46 heteroatoms. The van der Waals surface area contributed by atoms with Crippen LogP contribution in [0.25, 0.3) is 0 Å². The molecular weight excluding hydrogens is 2430 g/mol. The maximum atomic E-state index is 13.0. The number of aliphatic hydroxyl groups excluding tert-OH is 1. The van der Waals surface area contributed by atoms with E-state index < -0.39 is 72.4 Å². The summed E-state index contributed by atoms with van der Waals surface area (Å²) in [4.78, 5) is 156. The topological polar surface area (TPSA) is 425 Å². The number of alkyl carbamates (subject to hydrolysis) is 2. The fourth-order valence-electron chi connectivity index (χ4n) is 10.3. The second-order valence-electron chi connectivity index (χ2n) is 31.0. The number of nitrogens with one attached hydrogen (secondary N) is 8. The Morgan fingerprint density at radius 1 is 0.433 bits per heavy atom. The zero-order valence-corrected chi connectivity index (χ0v) is 92.9. The summed E-state index contributed by atoms with van der Waals surface area (Å²) in [7, 11) is 11.7. The number of ether oxygens (including phenoxy) is 3. The molecule has 127 heavy (non-hydrogen) atoms. The van der Waals surface area contributed by atoms with Crippen molar-refractivity contribution >= 4 is 235 Å². The molecule has 0 aliphatic rings. The van der Waals surface area contributed by atoms with Crippen molar-refractivity contribution in [1.82, 2.24) is 92.0 Å². The molecule has 1 unspecified atom stereocenters. The first-order valence-corrected chi connectivity index (χ1v) is 63.5. The van der Waals surface area contributed by atoms with Crippen LogP contribution in [0.3, 0.4) is 0 Å². The van der Waals surface area contributed by atoms with E-state index in [1.165, 1.54) is 56.3 Å². The number of hydrogen-bond acceptors (Lipinski definition) is 26. The number of nitrogens with zero attached hydrogens (tertiary/aromatic N) is 10. The first-order valence-electron chi connectivity index (χ1n) is 39.9. The van der Waals surface area contributed by atoms with Crippen LogP contribution in [0.2, 0.25) is 0 Å². The number of carboxylic acids is 1. The third-order valence-electron chi connectivity index (χ3n) is 17.4. The summed E-state index contributed by atoms with van der Waals surface area (Å²) < 4.78 is 20.3. The molecule has 6 aromatic rings. The van der Waals surface area contributed by atoms with Crippen LogP contribution in [0.4, 0.5) is 28.8 Å². The molecule has 0 saturated heterocycles. The SMILES string of the molecule is C.C.C.CC(C)c1nc(CN(C)C(=O)N[C@H](C(=O)N[C@@H](C)CC[C@H](C)NC(=O)OCc2cncs2)C(C)C)cs1.CC(C)c1nc(CN(C)C(=O)N[C@H](C(=O)N[C@@H](C)CC[C@H](C)NC(=O)OCc2cncs2)C(C)O)cs1.CC(C)c1nc(CN(C)C(=O)N[C@H](C(=O)O)C(C)C)cs1.COC(=O)[C@@H](NC(=O)N(C)Cc1csc(C(C)C)n1)C(C)C.I.II.I[I-]I.[2H][B]. The number of rotatable bonds is 38. The molecule has 33 nitrogen and oxygen atoms in total. The summed E-state index contributed by atoms with van der Waals surface area (Å²) >= 11 is 18.7. The predicted molar refractivity (Wildman–Crippen MR) is 558 cm³/mol. The smallest absolute Gasteiger partial charge is 0.0379 e. The van der Waals surface area contributed by atoms with E-state index >= 15 is 0 Å². The number of aromatic nitrogens is 6. The van der Waals surface area contributed by atoms with E-state index in [2.05, 4.69) is 211 Å². The molecule has 0 aromatic carbocycles. The van der Waals surface area contributed by atoms with E-state index in [0.717, 1.165) is 52.6 Å². The zero-order chi connectivity index (χ0) is 94.8. The van der Waals surface area contributed by atoms with Crippen LogP contribution in [0, 0.1) is 17.8 Å².